The van der Waals surface area contributed by atoms with E-state index in [0.717, 1.165) is 50.0 Å². The number of benzene rings is 2. The molecule has 1 atom stereocenters. The Bertz CT molecular complexity index is 1460. The molecule has 0 bridgehead atoms. The highest BCUT2D eigenvalue weighted by molar-refractivity contribution is 7.92. The zero-order valence-electron chi connectivity index (χ0n) is 27.0. The van der Waals surface area contributed by atoms with Crippen LogP contribution >= 0.6 is 11.6 Å². The lowest BCUT2D eigenvalue weighted by Crippen LogP contribution is -2.52. The summed E-state index contributed by atoms with van der Waals surface area (Å²) in [5.41, 5.74) is 2.58. The van der Waals surface area contributed by atoms with E-state index >= 15 is 0 Å². The van der Waals surface area contributed by atoms with Gasteiger partial charge in [0.1, 0.15) is 0 Å². The first-order valence-corrected chi connectivity index (χ1v) is 19.2. The monoisotopic (exact) mass is 669 g/mol. The number of piperazine rings is 1. The fourth-order valence-corrected chi connectivity index (χ4v) is 8.51. The minimum Gasteiger partial charge on any atom is -0.366 e. The third kappa shape index (κ3) is 8.17. The van der Waals surface area contributed by atoms with E-state index in [1.54, 1.807) is 4.31 Å². The minimum absolute atomic E-state index is 0.00897. The SMILES string of the molecule is CS(=O)(=O)N(CC1CC1)c1ccccc1N1CCN(C(=O)C(CC(=O)N2CCC(N3CCCC3)CC2)Cc2ccc(Cl)cc2)CC1. The van der Waals surface area contributed by atoms with Gasteiger partial charge in [-0.3, -0.25) is 13.9 Å². The number of halogens is 1. The average molecular weight is 670 g/mol. The molecule has 2 aromatic carbocycles. The Morgan fingerprint density at radius 1 is 0.848 bits per heavy atom. The second kappa shape index (κ2) is 14.5. The first-order valence-electron chi connectivity index (χ1n) is 17.0. The fraction of sp³-hybridized carbons (Fsp3) is 0.600. The molecule has 3 saturated heterocycles. The van der Waals surface area contributed by atoms with E-state index < -0.39 is 15.9 Å². The molecule has 1 unspecified atom stereocenters. The Morgan fingerprint density at radius 2 is 1.50 bits per heavy atom. The molecule has 6 rings (SSSR count). The van der Waals surface area contributed by atoms with Crippen molar-refractivity contribution in [3.63, 3.8) is 0 Å². The zero-order chi connectivity index (χ0) is 32.3. The lowest BCUT2D eigenvalue weighted by molar-refractivity contribution is -0.142. The summed E-state index contributed by atoms with van der Waals surface area (Å²) in [6.45, 7) is 6.57. The van der Waals surface area contributed by atoms with Gasteiger partial charge in [-0.25, -0.2) is 8.42 Å². The van der Waals surface area contributed by atoms with Crippen LogP contribution in [0.1, 0.15) is 50.5 Å². The van der Waals surface area contributed by atoms with Crippen molar-refractivity contribution in [3.05, 3.63) is 59.1 Å². The molecule has 4 fully saturated rings. The topological polar surface area (TPSA) is 84.5 Å². The van der Waals surface area contributed by atoms with Crippen LogP contribution in [-0.2, 0) is 26.0 Å². The maximum absolute atomic E-state index is 14.1. The van der Waals surface area contributed by atoms with Crippen LogP contribution in [0.5, 0.6) is 0 Å². The van der Waals surface area contributed by atoms with Gasteiger partial charge in [-0.05, 0) is 93.8 Å². The van der Waals surface area contributed by atoms with Crippen molar-refractivity contribution in [2.45, 2.75) is 57.4 Å². The molecule has 0 aromatic heterocycles. The summed E-state index contributed by atoms with van der Waals surface area (Å²) in [6.07, 6.45) is 8.63. The molecule has 46 heavy (non-hydrogen) atoms. The van der Waals surface area contributed by atoms with Crippen LogP contribution in [0, 0.1) is 11.8 Å². The Kier molecular flexibility index (Phi) is 10.4. The molecule has 3 aliphatic heterocycles. The van der Waals surface area contributed by atoms with Gasteiger partial charge in [-0.1, -0.05) is 35.9 Å². The molecule has 9 nitrogen and oxygen atoms in total. The van der Waals surface area contributed by atoms with Gasteiger partial charge in [-0.15, -0.1) is 0 Å². The molecule has 250 valence electrons. The second-order valence-electron chi connectivity index (χ2n) is 13.6. The van der Waals surface area contributed by atoms with Crippen molar-refractivity contribution in [2.24, 2.45) is 11.8 Å². The van der Waals surface area contributed by atoms with Crippen LogP contribution < -0.4 is 9.21 Å². The van der Waals surface area contributed by atoms with Gasteiger partial charge in [0.15, 0.2) is 0 Å². The number of amides is 2. The van der Waals surface area contributed by atoms with Gasteiger partial charge < -0.3 is 19.6 Å². The molecule has 11 heteroatoms. The molecule has 3 heterocycles. The fourth-order valence-electron chi connectivity index (χ4n) is 7.39. The smallest absolute Gasteiger partial charge is 0.232 e. The number of piperidine rings is 1. The van der Waals surface area contributed by atoms with Gasteiger partial charge in [0.05, 0.1) is 23.5 Å². The Balaban J connectivity index is 1.11. The maximum atomic E-state index is 14.1. The van der Waals surface area contributed by atoms with Crippen LogP contribution in [0.2, 0.25) is 5.02 Å². The highest BCUT2D eigenvalue weighted by Crippen LogP contribution is 2.37. The van der Waals surface area contributed by atoms with Crippen molar-refractivity contribution in [3.8, 4) is 0 Å². The van der Waals surface area contributed by atoms with E-state index in [1.807, 2.05) is 58.3 Å². The van der Waals surface area contributed by atoms with Crippen molar-refractivity contribution in [1.29, 1.82) is 0 Å². The van der Waals surface area contributed by atoms with Crippen molar-refractivity contribution in [1.82, 2.24) is 14.7 Å². The summed E-state index contributed by atoms with van der Waals surface area (Å²) in [7, 11) is -3.44. The van der Waals surface area contributed by atoms with Crippen LogP contribution in [0.25, 0.3) is 0 Å². The number of para-hydroxylation sites is 2. The van der Waals surface area contributed by atoms with E-state index in [9.17, 15) is 18.0 Å². The predicted octanol–water partition coefficient (Wildman–Crippen LogP) is 4.50. The van der Waals surface area contributed by atoms with Crippen LogP contribution in [0.4, 0.5) is 11.4 Å². The number of carbonyl (C=O) groups excluding carboxylic acids is 2. The Labute approximate surface area is 279 Å². The van der Waals surface area contributed by atoms with E-state index in [-0.39, 0.29) is 18.2 Å². The first-order chi connectivity index (χ1) is 22.2. The lowest BCUT2D eigenvalue weighted by atomic mass is 9.93. The molecule has 1 saturated carbocycles. The summed E-state index contributed by atoms with van der Waals surface area (Å²) in [5.74, 6) is 0.0306. The van der Waals surface area contributed by atoms with E-state index in [0.29, 0.717) is 61.8 Å². The first kappa shape index (κ1) is 33.1. The number of hydrogen-bond donors (Lipinski definition) is 0. The van der Waals surface area contributed by atoms with Gasteiger partial charge in [0, 0.05) is 63.3 Å². The number of anilines is 2. The standard InChI is InChI=1S/C35H48ClN5O4S/c1-46(44,45)41(26-28-8-9-28)33-7-3-2-6-32(33)38-20-22-40(23-21-38)35(43)29(24-27-10-12-30(36)13-11-27)25-34(42)39-18-14-31(15-19-39)37-16-4-5-17-37/h2-3,6-7,10-13,28-29,31H,4-5,8-9,14-26H2,1H3. The summed E-state index contributed by atoms with van der Waals surface area (Å²) in [5, 5.41) is 0.645. The van der Waals surface area contributed by atoms with Crippen molar-refractivity contribution < 1.29 is 18.0 Å². The molecule has 1 aliphatic carbocycles. The number of nitrogens with zero attached hydrogens (tertiary/aromatic N) is 5. The van der Waals surface area contributed by atoms with Crippen LogP contribution in [-0.4, -0.2) is 106 Å². The van der Waals surface area contributed by atoms with Crippen molar-refractivity contribution >= 4 is 44.8 Å². The number of sulfonamides is 1. The number of carbonyl (C=O) groups is 2. The zero-order valence-corrected chi connectivity index (χ0v) is 28.6. The van der Waals surface area contributed by atoms with Crippen molar-refractivity contribution in [2.75, 3.05) is 74.4 Å². The van der Waals surface area contributed by atoms with Crippen LogP contribution in [0.3, 0.4) is 0 Å². The van der Waals surface area contributed by atoms with E-state index in [4.69, 9.17) is 11.6 Å². The van der Waals surface area contributed by atoms with Gasteiger partial charge in [0.25, 0.3) is 0 Å². The largest absolute Gasteiger partial charge is 0.366 e. The molecular formula is C35H48ClN5O4S. The normalized spacial score (nSPS) is 20.6. The van der Waals surface area contributed by atoms with Gasteiger partial charge in [0.2, 0.25) is 21.8 Å². The Morgan fingerprint density at radius 3 is 2.13 bits per heavy atom. The third-order valence-electron chi connectivity index (χ3n) is 10.2. The lowest BCUT2D eigenvalue weighted by Gasteiger charge is -2.40. The molecule has 0 spiro atoms. The molecule has 2 aromatic rings. The highest BCUT2D eigenvalue weighted by Gasteiger charge is 2.35. The molecule has 2 amide bonds. The minimum atomic E-state index is -3.44. The summed E-state index contributed by atoms with van der Waals surface area (Å²) < 4.78 is 27.2. The van der Waals surface area contributed by atoms with E-state index in [1.165, 1.54) is 32.2 Å². The van der Waals surface area contributed by atoms with Gasteiger partial charge >= 0.3 is 0 Å². The summed E-state index contributed by atoms with van der Waals surface area (Å²) in [4.78, 5) is 36.4. The highest BCUT2D eigenvalue weighted by atomic mass is 35.5. The maximum Gasteiger partial charge on any atom is 0.232 e. The molecule has 4 aliphatic rings. The molecule has 0 radical (unpaired) electrons. The third-order valence-corrected chi connectivity index (χ3v) is 11.6. The number of rotatable bonds is 11. The molecular weight excluding hydrogens is 622 g/mol. The summed E-state index contributed by atoms with van der Waals surface area (Å²) >= 11 is 6.14. The number of likely N-dealkylation sites (tertiary alicyclic amines) is 2. The van der Waals surface area contributed by atoms with E-state index in [2.05, 4.69) is 9.80 Å². The van der Waals surface area contributed by atoms with Gasteiger partial charge in [-0.2, -0.15) is 0 Å². The number of hydrogen-bond acceptors (Lipinski definition) is 6. The average Bonchev–Trinajstić information content (AvgIpc) is 3.72. The quantitative estimate of drug-likeness (QED) is 0.351. The van der Waals surface area contributed by atoms with Crippen LogP contribution in [0.15, 0.2) is 48.5 Å². The predicted molar refractivity (Wildman–Crippen MR) is 184 cm³/mol. The molecule has 0 N–H and O–H groups in total. The second-order valence-corrected chi connectivity index (χ2v) is 16.0. The summed E-state index contributed by atoms with van der Waals surface area (Å²) in [6, 6.07) is 15.8. The Hall–Kier alpha value is -2.82.